The van der Waals surface area contributed by atoms with Crippen LogP contribution in [0.4, 0.5) is 0 Å². The zero-order chi connectivity index (χ0) is 17.4. The van der Waals surface area contributed by atoms with E-state index in [-0.39, 0.29) is 5.91 Å². The molecule has 0 aliphatic heterocycles. The molecule has 1 aromatic heterocycles. The second-order valence-electron chi connectivity index (χ2n) is 5.77. The second kappa shape index (κ2) is 9.05. The van der Waals surface area contributed by atoms with Crippen LogP contribution in [-0.2, 0) is 17.6 Å². The number of hydrogen-bond donors (Lipinski definition) is 1. The van der Waals surface area contributed by atoms with Gasteiger partial charge in [-0.3, -0.25) is 4.79 Å². The third kappa shape index (κ3) is 5.37. The van der Waals surface area contributed by atoms with Crippen molar-refractivity contribution in [3.05, 3.63) is 41.0 Å². The average molecular weight is 331 g/mol. The van der Waals surface area contributed by atoms with Gasteiger partial charge in [-0.2, -0.15) is 4.98 Å². The van der Waals surface area contributed by atoms with Gasteiger partial charge < -0.3 is 14.6 Å². The molecule has 0 spiro atoms. The van der Waals surface area contributed by atoms with Gasteiger partial charge in [0.1, 0.15) is 12.4 Å². The number of carbonyl (C=O) groups excluding carboxylic acids is 1. The Hall–Kier alpha value is -2.37. The molecule has 0 saturated heterocycles. The van der Waals surface area contributed by atoms with Crippen molar-refractivity contribution in [2.75, 3.05) is 13.2 Å². The monoisotopic (exact) mass is 331 g/mol. The van der Waals surface area contributed by atoms with Crippen molar-refractivity contribution in [3.63, 3.8) is 0 Å². The van der Waals surface area contributed by atoms with Crippen molar-refractivity contribution in [1.82, 2.24) is 15.5 Å². The Morgan fingerprint density at radius 2 is 2.00 bits per heavy atom. The number of nitrogens with zero attached hydrogens (tertiary/aromatic N) is 2. The molecular weight excluding hydrogens is 306 g/mol. The standard InChI is InChI=1S/C18H25N3O3/c1-4-6-15-20-17(24-21-15)10-9-16(22)19-11-12-23-18-13(2)7-5-8-14(18)3/h5,7-8H,4,6,9-12H2,1-3H3,(H,19,22). The van der Waals surface area contributed by atoms with Gasteiger partial charge in [-0.25, -0.2) is 0 Å². The van der Waals surface area contributed by atoms with E-state index in [1.54, 1.807) is 0 Å². The maximum absolute atomic E-state index is 11.8. The summed E-state index contributed by atoms with van der Waals surface area (Å²) < 4.78 is 10.9. The van der Waals surface area contributed by atoms with Crippen LogP contribution in [0, 0.1) is 13.8 Å². The van der Waals surface area contributed by atoms with Gasteiger partial charge in [0.05, 0.1) is 6.54 Å². The van der Waals surface area contributed by atoms with Gasteiger partial charge in [0.25, 0.3) is 0 Å². The van der Waals surface area contributed by atoms with Gasteiger partial charge in [-0.15, -0.1) is 0 Å². The highest BCUT2D eigenvalue weighted by atomic mass is 16.5. The number of aryl methyl sites for hydroxylation is 4. The van der Waals surface area contributed by atoms with Crippen LogP contribution in [0.2, 0.25) is 0 Å². The number of carbonyl (C=O) groups is 1. The molecule has 6 nitrogen and oxygen atoms in total. The molecule has 2 rings (SSSR count). The second-order valence-corrected chi connectivity index (χ2v) is 5.77. The number of hydrogen-bond acceptors (Lipinski definition) is 5. The lowest BCUT2D eigenvalue weighted by Gasteiger charge is -2.12. The summed E-state index contributed by atoms with van der Waals surface area (Å²) >= 11 is 0. The summed E-state index contributed by atoms with van der Waals surface area (Å²) in [6.45, 7) is 7.00. The lowest BCUT2D eigenvalue weighted by Crippen LogP contribution is -2.28. The molecule has 1 N–H and O–H groups in total. The maximum Gasteiger partial charge on any atom is 0.227 e. The molecule has 6 heteroatoms. The lowest BCUT2D eigenvalue weighted by molar-refractivity contribution is -0.121. The molecule has 0 aliphatic carbocycles. The molecule has 2 aromatic rings. The van der Waals surface area contributed by atoms with E-state index in [1.165, 1.54) is 0 Å². The van der Waals surface area contributed by atoms with Crippen LogP contribution in [0.15, 0.2) is 22.7 Å². The van der Waals surface area contributed by atoms with Crippen LogP contribution >= 0.6 is 0 Å². The van der Waals surface area contributed by atoms with Gasteiger partial charge in [0.15, 0.2) is 5.82 Å². The number of ether oxygens (including phenoxy) is 1. The Balaban J connectivity index is 1.66. The molecule has 0 aliphatic rings. The SMILES string of the molecule is CCCc1noc(CCC(=O)NCCOc2c(C)cccc2C)n1. The third-order valence-corrected chi connectivity index (χ3v) is 3.63. The summed E-state index contributed by atoms with van der Waals surface area (Å²) in [5.74, 6) is 2.06. The minimum Gasteiger partial charge on any atom is -0.491 e. The maximum atomic E-state index is 11.8. The van der Waals surface area contributed by atoms with Gasteiger partial charge in [-0.05, 0) is 31.4 Å². The highest BCUT2D eigenvalue weighted by molar-refractivity contribution is 5.75. The summed E-state index contributed by atoms with van der Waals surface area (Å²) in [5, 5.41) is 6.71. The van der Waals surface area contributed by atoms with E-state index in [0.717, 1.165) is 29.7 Å². The van der Waals surface area contributed by atoms with Gasteiger partial charge in [0, 0.05) is 19.3 Å². The molecule has 0 radical (unpaired) electrons. The van der Waals surface area contributed by atoms with Crippen molar-refractivity contribution in [3.8, 4) is 5.75 Å². The Morgan fingerprint density at radius 3 is 2.71 bits per heavy atom. The Morgan fingerprint density at radius 1 is 1.25 bits per heavy atom. The van der Waals surface area contributed by atoms with Gasteiger partial charge in [-0.1, -0.05) is 30.3 Å². The number of nitrogens with one attached hydrogen (secondary N) is 1. The minimum atomic E-state index is -0.0460. The molecule has 1 amide bonds. The fourth-order valence-corrected chi connectivity index (χ4v) is 2.40. The highest BCUT2D eigenvalue weighted by Gasteiger charge is 2.09. The van der Waals surface area contributed by atoms with E-state index in [0.29, 0.717) is 37.7 Å². The normalized spacial score (nSPS) is 10.6. The fraction of sp³-hybridized carbons (Fsp3) is 0.500. The zero-order valence-electron chi connectivity index (χ0n) is 14.6. The molecule has 1 aromatic carbocycles. The van der Waals surface area contributed by atoms with E-state index < -0.39 is 0 Å². The summed E-state index contributed by atoms with van der Waals surface area (Å²) in [6, 6.07) is 6.03. The van der Waals surface area contributed by atoms with Crippen LogP contribution in [0.3, 0.4) is 0 Å². The molecule has 24 heavy (non-hydrogen) atoms. The molecule has 0 bridgehead atoms. The molecular formula is C18H25N3O3. The first-order valence-corrected chi connectivity index (χ1v) is 8.37. The molecule has 1 heterocycles. The van der Waals surface area contributed by atoms with Gasteiger partial charge >= 0.3 is 0 Å². The lowest BCUT2D eigenvalue weighted by atomic mass is 10.1. The first-order chi connectivity index (χ1) is 11.6. The predicted octanol–water partition coefficient (Wildman–Crippen LogP) is 2.77. The van der Waals surface area contributed by atoms with E-state index in [2.05, 4.69) is 22.4 Å². The summed E-state index contributed by atoms with van der Waals surface area (Å²) in [4.78, 5) is 16.1. The van der Waals surface area contributed by atoms with Crippen LogP contribution in [0.1, 0.15) is 42.6 Å². The molecule has 0 unspecified atom stereocenters. The zero-order valence-corrected chi connectivity index (χ0v) is 14.6. The quantitative estimate of drug-likeness (QED) is 0.715. The molecule has 0 fully saturated rings. The first-order valence-electron chi connectivity index (χ1n) is 8.37. The van der Waals surface area contributed by atoms with E-state index in [4.69, 9.17) is 9.26 Å². The Kier molecular flexibility index (Phi) is 6.78. The Bertz CT molecular complexity index is 647. The predicted molar refractivity (Wildman–Crippen MR) is 91.0 cm³/mol. The summed E-state index contributed by atoms with van der Waals surface area (Å²) in [6.07, 6.45) is 2.56. The number of aromatic nitrogens is 2. The van der Waals surface area contributed by atoms with E-state index >= 15 is 0 Å². The number of para-hydroxylation sites is 1. The first kappa shape index (κ1) is 18.0. The molecule has 0 saturated carbocycles. The molecule has 130 valence electrons. The summed E-state index contributed by atoms with van der Waals surface area (Å²) in [7, 11) is 0. The van der Waals surface area contributed by atoms with Gasteiger partial charge in [0.2, 0.25) is 11.8 Å². The Labute approximate surface area is 142 Å². The summed E-state index contributed by atoms with van der Waals surface area (Å²) in [5.41, 5.74) is 2.20. The number of benzene rings is 1. The van der Waals surface area contributed by atoms with Crippen molar-refractivity contribution in [2.24, 2.45) is 0 Å². The van der Waals surface area contributed by atoms with Crippen molar-refractivity contribution in [2.45, 2.75) is 46.5 Å². The third-order valence-electron chi connectivity index (χ3n) is 3.63. The van der Waals surface area contributed by atoms with Crippen LogP contribution in [-0.4, -0.2) is 29.2 Å². The molecule has 0 atom stereocenters. The largest absolute Gasteiger partial charge is 0.491 e. The van der Waals surface area contributed by atoms with Crippen molar-refractivity contribution >= 4 is 5.91 Å². The van der Waals surface area contributed by atoms with Crippen molar-refractivity contribution in [1.29, 1.82) is 0 Å². The highest BCUT2D eigenvalue weighted by Crippen LogP contribution is 2.21. The van der Waals surface area contributed by atoms with E-state index in [1.807, 2.05) is 32.0 Å². The minimum absolute atomic E-state index is 0.0460. The number of rotatable bonds is 9. The fourth-order valence-electron chi connectivity index (χ4n) is 2.40. The topological polar surface area (TPSA) is 77.2 Å². The van der Waals surface area contributed by atoms with Crippen LogP contribution < -0.4 is 10.1 Å². The number of amides is 1. The average Bonchev–Trinajstić information content (AvgIpc) is 3.00. The van der Waals surface area contributed by atoms with Crippen LogP contribution in [0.25, 0.3) is 0 Å². The van der Waals surface area contributed by atoms with Crippen LogP contribution in [0.5, 0.6) is 5.75 Å². The van der Waals surface area contributed by atoms with E-state index in [9.17, 15) is 4.79 Å². The van der Waals surface area contributed by atoms with Crippen molar-refractivity contribution < 1.29 is 14.1 Å². The smallest absolute Gasteiger partial charge is 0.227 e.